The average Bonchev–Trinajstić information content (AvgIpc) is 3.15. The van der Waals surface area contributed by atoms with Gasteiger partial charge >= 0.3 is 19.6 Å². The lowest BCUT2D eigenvalue weighted by Crippen LogP contribution is -2.60. The number of amides is 1. The number of nitrogens with zero attached hydrogens (tertiary/aromatic N) is 1. The van der Waals surface area contributed by atoms with Gasteiger partial charge in [0.25, 0.3) is 5.91 Å². The summed E-state index contributed by atoms with van der Waals surface area (Å²) in [6.07, 6.45) is 7.69. The molecule has 2 saturated carbocycles. The van der Waals surface area contributed by atoms with Gasteiger partial charge in [-0.25, -0.2) is 29.5 Å². The first-order valence-electron chi connectivity index (χ1n) is 14.2. The van der Waals surface area contributed by atoms with E-state index in [1.807, 2.05) is 0 Å². The predicted molar refractivity (Wildman–Crippen MR) is 144 cm³/mol. The van der Waals surface area contributed by atoms with Crippen LogP contribution in [-0.4, -0.2) is 102 Å². The van der Waals surface area contributed by atoms with E-state index in [1.165, 1.54) is 0 Å². The van der Waals surface area contributed by atoms with Crippen molar-refractivity contribution in [1.82, 2.24) is 15.7 Å². The Kier molecular flexibility index (Phi) is 12.1. The number of fused-ring (bicyclic) bond motifs is 1. The highest BCUT2D eigenvalue weighted by atomic mass is 31.2. The van der Waals surface area contributed by atoms with E-state index < -0.39 is 62.7 Å². The second-order valence-corrected chi connectivity index (χ2v) is 13.0. The topological polar surface area (TPSA) is 248 Å². The Hall–Kier alpha value is -1.53. The zero-order valence-electron chi connectivity index (χ0n) is 23.6. The molecule has 0 saturated heterocycles. The zero-order valence-corrected chi connectivity index (χ0v) is 24.5. The van der Waals surface area contributed by atoms with E-state index >= 15 is 0 Å². The lowest BCUT2D eigenvalue weighted by Gasteiger charge is -2.45. The Balaban J connectivity index is 1.70. The minimum Gasteiger partial charge on any atom is -0.477 e. The van der Waals surface area contributed by atoms with Crippen LogP contribution >= 0.6 is 7.82 Å². The van der Waals surface area contributed by atoms with Gasteiger partial charge in [-0.1, -0.05) is 19.1 Å². The van der Waals surface area contributed by atoms with E-state index in [4.69, 9.17) is 10.5 Å². The number of carbonyl (C=O) groups excluding carboxylic acids is 1. The van der Waals surface area contributed by atoms with E-state index in [-0.39, 0.29) is 16.5 Å². The third kappa shape index (κ3) is 8.34. The highest BCUT2D eigenvalue weighted by molar-refractivity contribution is 7.47. The van der Waals surface area contributed by atoms with E-state index in [1.54, 1.807) is 0 Å². The molecule has 1 amide bonds. The molecule has 0 aliphatic heterocycles. The van der Waals surface area contributed by atoms with Gasteiger partial charge in [0.15, 0.2) is 0 Å². The molecule has 0 aromatic heterocycles. The van der Waals surface area contributed by atoms with E-state index in [2.05, 4.69) is 43.8 Å². The van der Waals surface area contributed by atoms with Gasteiger partial charge in [-0.05, 0) is 70.3 Å². The number of phosphoric acid groups is 1. The van der Waals surface area contributed by atoms with Gasteiger partial charge in [-0.15, -0.1) is 4.67 Å². The molecule has 16 nitrogen and oxygen atoms in total. The average molecular weight is 626 g/mol. The minimum absolute atomic E-state index is 0.0947. The number of hydrogen-bond donors (Lipinski definition) is 9. The highest BCUT2D eigenvalue weighted by Crippen LogP contribution is 2.48. The van der Waals surface area contributed by atoms with Crippen LogP contribution in [0.1, 0.15) is 71.1 Å². The summed E-state index contributed by atoms with van der Waals surface area (Å²) in [5.41, 5.74) is -0.921. The van der Waals surface area contributed by atoms with Gasteiger partial charge in [-0.2, -0.15) is 4.89 Å². The summed E-state index contributed by atoms with van der Waals surface area (Å²) in [4.78, 5) is 37.4. The number of aliphatic hydroxyl groups excluding tert-OH is 2. The number of phosphoric ester groups is 1. The lowest BCUT2D eigenvalue weighted by molar-refractivity contribution is -0.381. The molecular formula is C25H44N3O13P. The first kappa shape index (κ1) is 35.0. The molecule has 17 heteroatoms. The number of hydrogen-bond acceptors (Lipinski definition) is 13. The van der Waals surface area contributed by atoms with Crippen LogP contribution in [0.2, 0.25) is 0 Å². The van der Waals surface area contributed by atoms with E-state index in [9.17, 15) is 39.6 Å². The predicted octanol–water partition coefficient (Wildman–Crippen LogP) is 1.21. The summed E-state index contributed by atoms with van der Waals surface area (Å²) in [7, 11) is -5.45. The maximum atomic E-state index is 12.9. The van der Waals surface area contributed by atoms with E-state index in [0.717, 1.165) is 51.5 Å². The monoisotopic (exact) mass is 625 g/mol. The Morgan fingerprint density at radius 3 is 2.50 bits per heavy atom. The summed E-state index contributed by atoms with van der Waals surface area (Å²) in [6, 6.07) is 0. The second kappa shape index (κ2) is 14.5. The number of allylic oxidation sites excluding steroid dienone is 1. The number of carboxylic acids is 1. The van der Waals surface area contributed by atoms with Crippen molar-refractivity contribution < 1.29 is 64.2 Å². The number of carbonyl (C=O) groups is 2. The maximum Gasteiger partial charge on any atom is 0.502 e. The van der Waals surface area contributed by atoms with Crippen molar-refractivity contribution in [2.24, 2.45) is 11.8 Å². The van der Waals surface area contributed by atoms with Crippen LogP contribution in [0, 0.1) is 11.8 Å². The fourth-order valence-electron chi connectivity index (χ4n) is 6.60. The Morgan fingerprint density at radius 1 is 1.17 bits per heavy atom. The number of carboxylic acid groups (broad SMARTS) is 1. The first-order valence-corrected chi connectivity index (χ1v) is 15.7. The van der Waals surface area contributed by atoms with E-state index in [0.29, 0.717) is 18.8 Å². The summed E-state index contributed by atoms with van der Waals surface area (Å²) < 4.78 is 18.8. The molecule has 4 bridgehead atoms. The molecule has 0 spiro atoms. The molecule has 42 heavy (non-hydrogen) atoms. The third-order valence-electron chi connectivity index (χ3n) is 8.81. The number of hydroxylamine groups is 2. The smallest absolute Gasteiger partial charge is 0.477 e. The molecule has 0 aromatic rings. The van der Waals surface area contributed by atoms with Crippen LogP contribution in [0.4, 0.5) is 0 Å². The van der Waals surface area contributed by atoms with Gasteiger partial charge in [-0.3, -0.25) is 10.0 Å². The van der Waals surface area contributed by atoms with Crippen molar-refractivity contribution in [2.75, 3.05) is 19.6 Å². The van der Waals surface area contributed by atoms with Gasteiger partial charge < -0.3 is 30.8 Å². The van der Waals surface area contributed by atoms with Crippen LogP contribution in [-0.2, 0) is 28.2 Å². The van der Waals surface area contributed by atoms with Crippen LogP contribution < -0.4 is 10.6 Å². The van der Waals surface area contributed by atoms with Gasteiger partial charge in [0, 0.05) is 23.4 Å². The lowest BCUT2D eigenvalue weighted by atomic mass is 9.70. The first-order chi connectivity index (χ1) is 19.7. The SMILES string of the molecule is CCCNC12CCCC(NCC(=O)N(O)CC(O)C[C@@](OO)(OP(=O)(O)OO)C(=O)O)(CC1)C(O)C1C=CC(CC1)C2. The molecule has 0 aromatic carbocycles. The highest BCUT2D eigenvalue weighted by Gasteiger charge is 2.51. The standard InChI is InChI=1S/C25H44N3O13P/c1-2-12-26-23-8-3-9-24(11-10-23,21(31)18-6-4-17(13-23)5-7-18)27-15-20(30)28(34)16-19(29)14-25(39-35,22(32)33)40-42(37,38)41-36/h4,6,17-19,21,26-27,29,31,34-36H,2-3,5,7-16H2,1H3,(H,32,33)(H,37,38)/t17?,18?,19?,21?,23?,24?,25-/m1/s1. The number of nitrogens with one attached hydrogen (secondary N) is 2. The van der Waals surface area contributed by atoms with Crippen molar-refractivity contribution in [3.05, 3.63) is 12.2 Å². The number of rotatable bonds is 15. The third-order valence-corrected chi connectivity index (χ3v) is 9.54. The molecule has 8 atom stereocenters. The Bertz CT molecular complexity index is 1020. The molecule has 4 aliphatic rings. The number of aliphatic hydroxyl groups is 2. The molecule has 0 radical (unpaired) electrons. The second-order valence-electron chi connectivity index (χ2n) is 11.7. The van der Waals surface area contributed by atoms with Gasteiger partial charge in [0.05, 0.1) is 25.3 Å². The minimum atomic E-state index is -5.45. The molecule has 2 fully saturated rings. The molecule has 7 unspecified atom stereocenters. The summed E-state index contributed by atoms with van der Waals surface area (Å²) in [5, 5.41) is 66.2. The normalized spacial score (nSPS) is 32.9. The van der Waals surface area contributed by atoms with Gasteiger partial charge in [0.2, 0.25) is 0 Å². The van der Waals surface area contributed by atoms with Crippen molar-refractivity contribution in [1.29, 1.82) is 0 Å². The summed E-state index contributed by atoms with van der Waals surface area (Å²) in [6.45, 7) is 1.66. The van der Waals surface area contributed by atoms with Crippen LogP contribution in [0.15, 0.2) is 12.2 Å². The summed E-state index contributed by atoms with van der Waals surface area (Å²) in [5.74, 6) is -6.14. The van der Waals surface area contributed by atoms with Crippen LogP contribution in [0.3, 0.4) is 0 Å². The van der Waals surface area contributed by atoms with Crippen LogP contribution in [0.25, 0.3) is 0 Å². The van der Waals surface area contributed by atoms with Crippen molar-refractivity contribution in [3.63, 3.8) is 0 Å². The number of aliphatic carboxylic acids is 1. The van der Waals surface area contributed by atoms with Crippen LogP contribution in [0.5, 0.6) is 0 Å². The maximum absolute atomic E-state index is 12.9. The fraction of sp³-hybridized carbons (Fsp3) is 0.840. The molecule has 0 heterocycles. The zero-order chi connectivity index (χ0) is 31.2. The molecule has 4 aliphatic carbocycles. The summed E-state index contributed by atoms with van der Waals surface area (Å²) >= 11 is 0. The Morgan fingerprint density at radius 2 is 1.90 bits per heavy atom. The largest absolute Gasteiger partial charge is 0.502 e. The molecule has 4 rings (SSSR count). The van der Waals surface area contributed by atoms with Crippen molar-refractivity contribution >= 4 is 19.7 Å². The molecular weight excluding hydrogens is 581 g/mol. The quantitative estimate of drug-likeness (QED) is 0.0310. The van der Waals surface area contributed by atoms with Crippen molar-refractivity contribution in [2.45, 2.75) is 100 Å². The Labute approximate surface area is 243 Å². The fourth-order valence-corrected chi connectivity index (χ4v) is 7.19. The molecule has 9 N–H and O–H groups in total. The molecule has 242 valence electrons. The van der Waals surface area contributed by atoms with Crippen molar-refractivity contribution in [3.8, 4) is 0 Å². The van der Waals surface area contributed by atoms with Gasteiger partial charge in [0.1, 0.15) is 0 Å².